The zero-order valence-electron chi connectivity index (χ0n) is 16.6. The van der Waals surface area contributed by atoms with Crippen molar-refractivity contribution in [1.29, 1.82) is 0 Å². The van der Waals surface area contributed by atoms with Crippen molar-refractivity contribution in [3.63, 3.8) is 0 Å². The molecule has 170 valence electrons. The van der Waals surface area contributed by atoms with Gasteiger partial charge in [0.1, 0.15) is 0 Å². The van der Waals surface area contributed by atoms with Gasteiger partial charge in [-0.05, 0) is 48.6 Å². The first-order valence-electron chi connectivity index (χ1n) is 9.73. The number of ether oxygens (including phenoxy) is 2. The van der Waals surface area contributed by atoms with E-state index in [1.54, 1.807) is 18.2 Å². The summed E-state index contributed by atoms with van der Waals surface area (Å²) in [6.07, 6.45) is -11.4. The zero-order valence-corrected chi connectivity index (χ0v) is 16.6. The third-order valence-corrected chi connectivity index (χ3v) is 5.41. The summed E-state index contributed by atoms with van der Waals surface area (Å²) in [6.45, 7) is 1.48. The van der Waals surface area contributed by atoms with Crippen LogP contribution in [0.2, 0.25) is 0 Å². The van der Waals surface area contributed by atoms with Crippen molar-refractivity contribution in [2.24, 2.45) is 5.92 Å². The standard InChI is InChI=1S/C22H22F6O3/c1-13(16-9-17(21(23,24)25)11-18(10-16)22(26,27)28)31-20-19(14-5-3-2-4-6-14)15(12-29)7-8-30-20/h2-6,9-11,13,15,19-20,29H,7-8,12H2,1H3/t13-,15+,19-,20-/m1/s1. The number of hydrogen-bond acceptors (Lipinski definition) is 3. The Labute approximate surface area is 175 Å². The summed E-state index contributed by atoms with van der Waals surface area (Å²) in [5.41, 5.74) is -2.25. The predicted octanol–water partition coefficient (Wildman–Crippen LogP) is 5.94. The topological polar surface area (TPSA) is 38.7 Å². The maximum Gasteiger partial charge on any atom is 0.416 e. The number of benzene rings is 2. The third kappa shape index (κ3) is 5.58. The number of rotatable bonds is 5. The molecule has 1 N–H and O–H groups in total. The third-order valence-electron chi connectivity index (χ3n) is 5.41. The molecule has 0 aromatic heterocycles. The van der Waals surface area contributed by atoms with Gasteiger partial charge in [0, 0.05) is 12.5 Å². The first-order valence-corrected chi connectivity index (χ1v) is 9.73. The minimum Gasteiger partial charge on any atom is -0.396 e. The Kier molecular flexibility index (Phi) is 6.98. The lowest BCUT2D eigenvalue weighted by molar-refractivity contribution is -0.212. The highest BCUT2D eigenvalue weighted by Gasteiger charge is 2.39. The van der Waals surface area contributed by atoms with Crippen LogP contribution in [0.4, 0.5) is 26.3 Å². The van der Waals surface area contributed by atoms with Gasteiger partial charge in [-0.3, -0.25) is 0 Å². The molecular weight excluding hydrogens is 426 g/mol. The lowest BCUT2D eigenvalue weighted by atomic mass is 9.82. The van der Waals surface area contributed by atoms with Gasteiger partial charge in [-0.15, -0.1) is 0 Å². The molecule has 9 heteroatoms. The second-order valence-electron chi connectivity index (χ2n) is 7.52. The summed E-state index contributed by atoms with van der Waals surface area (Å²) in [4.78, 5) is 0. The summed E-state index contributed by atoms with van der Waals surface area (Å²) >= 11 is 0. The maximum absolute atomic E-state index is 13.2. The van der Waals surface area contributed by atoms with Crippen LogP contribution in [0.1, 0.15) is 47.6 Å². The van der Waals surface area contributed by atoms with Crippen LogP contribution in [0.5, 0.6) is 0 Å². The van der Waals surface area contributed by atoms with Gasteiger partial charge in [-0.1, -0.05) is 30.3 Å². The van der Waals surface area contributed by atoms with Gasteiger partial charge in [-0.2, -0.15) is 26.3 Å². The monoisotopic (exact) mass is 448 g/mol. The molecule has 1 aliphatic rings. The molecule has 0 bridgehead atoms. The fourth-order valence-electron chi connectivity index (χ4n) is 3.77. The minimum atomic E-state index is -4.94. The quantitative estimate of drug-likeness (QED) is 0.576. The van der Waals surface area contributed by atoms with Gasteiger partial charge in [0.05, 0.1) is 23.8 Å². The molecule has 1 saturated heterocycles. The van der Waals surface area contributed by atoms with Gasteiger partial charge in [-0.25, -0.2) is 0 Å². The first-order chi connectivity index (χ1) is 14.5. The average molecular weight is 448 g/mol. The van der Waals surface area contributed by atoms with Crippen molar-refractivity contribution in [3.8, 4) is 0 Å². The van der Waals surface area contributed by atoms with Crippen LogP contribution in [-0.4, -0.2) is 24.6 Å². The molecule has 0 unspecified atom stereocenters. The first kappa shape index (κ1) is 23.6. The van der Waals surface area contributed by atoms with Crippen LogP contribution in [0.15, 0.2) is 48.5 Å². The van der Waals surface area contributed by atoms with Gasteiger partial charge >= 0.3 is 12.4 Å². The molecule has 0 amide bonds. The van der Waals surface area contributed by atoms with Crippen molar-refractivity contribution >= 4 is 0 Å². The van der Waals surface area contributed by atoms with Crippen LogP contribution in [0, 0.1) is 5.92 Å². The van der Waals surface area contributed by atoms with E-state index in [1.165, 1.54) is 6.92 Å². The average Bonchev–Trinajstić information content (AvgIpc) is 2.72. The van der Waals surface area contributed by atoms with Crippen molar-refractivity contribution in [3.05, 3.63) is 70.8 Å². The van der Waals surface area contributed by atoms with E-state index in [9.17, 15) is 31.4 Å². The molecule has 3 nitrogen and oxygen atoms in total. The largest absolute Gasteiger partial charge is 0.416 e. The summed E-state index contributed by atoms with van der Waals surface area (Å²) in [5, 5.41) is 9.78. The molecule has 2 aromatic carbocycles. The van der Waals surface area contributed by atoms with Gasteiger partial charge < -0.3 is 14.6 Å². The van der Waals surface area contributed by atoms with E-state index in [0.717, 1.165) is 5.56 Å². The van der Waals surface area contributed by atoms with Crippen LogP contribution in [-0.2, 0) is 21.8 Å². The molecule has 0 aliphatic carbocycles. The van der Waals surface area contributed by atoms with Crippen LogP contribution >= 0.6 is 0 Å². The molecule has 31 heavy (non-hydrogen) atoms. The molecule has 3 rings (SSSR count). The van der Waals surface area contributed by atoms with Crippen molar-refractivity contribution in [2.45, 2.75) is 44.0 Å². The Morgan fingerprint density at radius 3 is 2.10 bits per heavy atom. The predicted molar refractivity (Wildman–Crippen MR) is 100 cm³/mol. The number of alkyl halides is 6. The Balaban J connectivity index is 1.92. The van der Waals surface area contributed by atoms with Gasteiger partial charge in [0.15, 0.2) is 6.29 Å². The smallest absolute Gasteiger partial charge is 0.396 e. The maximum atomic E-state index is 13.2. The Hall–Kier alpha value is -2.10. The summed E-state index contributed by atoms with van der Waals surface area (Å²) < 4.78 is 90.6. The number of aliphatic hydroxyl groups is 1. The van der Waals surface area contributed by atoms with Crippen LogP contribution < -0.4 is 0 Å². The molecule has 4 atom stereocenters. The number of hydrogen-bond donors (Lipinski definition) is 1. The fraction of sp³-hybridized carbons (Fsp3) is 0.455. The molecule has 1 heterocycles. The second kappa shape index (κ2) is 9.18. The summed E-state index contributed by atoms with van der Waals surface area (Å²) in [5.74, 6) is -0.643. The summed E-state index contributed by atoms with van der Waals surface area (Å²) in [7, 11) is 0. The normalized spacial score (nSPS) is 23.5. The van der Waals surface area contributed by atoms with E-state index in [4.69, 9.17) is 9.47 Å². The molecule has 1 fully saturated rings. The van der Waals surface area contributed by atoms with Crippen molar-refractivity contribution in [2.75, 3.05) is 13.2 Å². The Morgan fingerprint density at radius 2 is 1.58 bits per heavy atom. The molecule has 0 radical (unpaired) electrons. The van der Waals surface area contributed by atoms with Gasteiger partial charge in [0.25, 0.3) is 0 Å². The Bertz CT molecular complexity index is 834. The number of aliphatic hydroxyl groups excluding tert-OH is 1. The fourth-order valence-corrected chi connectivity index (χ4v) is 3.77. The van der Waals surface area contributed by atoms with Crippen molar-refractivity contribution in [1.82, 2.24) is 0 Å². The second-order valence-corrected chi connectivity index (χ2v) is 7.52. The van der Waals surface area contributed by atoms with E-state index in [0.29, 0.717) is 18.6 Å². The summed E-state index contributed by atoms with van der Waals surface area (Å²) in [6, 6.07) is 10.4. The number of halogens is 6. The highest BCUT2D eigenvalue weighted by molar-refractivity contribution is 5.34. The molecule has 0 spiro atoms. The SMILES string of the molecule is C[C@@H](O[C@H]1OCC[C@@H](CO)[C@H]1c1ccccc1)c1cc(C(F)(F)F)cc(C(F)(F)F)c1. The minimum absolute atomic E-state index is 0.0852. The molecule has 0 saturated carbocycles. The lowest BCUT2D eigenvalue weighted by Crippen LogP contribution is -2.38. The van der Waals surface area contributed by atoms with E-state index in [-0.39, 0.29) is 30.8 Å². The van der Waals surface area contributed by atoms with Gasteiger partial charge in [0.2, 0.25) is 0 Å². The van der Waals surface area contributed by atoms with E-state index >= 15 is 0 Å². The molecule has 2 aromatic rings. The highest BCUT2D eigenvalue weighted by atomic mass is 19.4. The van der Waals surface area contributed by atoms with Crippen LogP contribution in [0.3, 0.4) is 0 Å². The van der Waals surface area contributed by atoms with E-state index < -0.39 is 41.8 Å². The highest BCUT2D eigenvalue weighted by Crippen LogP contribution is 2.41. The molecule has 1 aliphatic heterocycles. The van der Waals surface area contributed by atoms with E-state index in [1.807, 2.05) is 12.1 Å². The van der Waals surface area contributed by atoms with Crippen molar-refractivity contribution < 1.29 is 40.9 Å². The van der Waals surface area contributed by atoms with Crippen LogP contribution in [0.25, 0.3) is 0 Å². The zero-order chi connectivity index (χ0) is 22.8. The van der Waals surface area contributed by atoms with E-state index in [2.05, 4.69) is 0 Å². The lowest BCUT2D eigenvalue weighted by Gasteiger charge is -2.38. The Morgan fingerprint density at radius 1 is 1.00 bits per heavy atom. The molecular formula is C22H22F6O3.